The molecular weight excluding hydrogens is 603 g/mol. The van der Waals surface area contributed by atoms with E-state index in [1.807, 2.05) is 0 Å². The maximum atomic E-state index is 12.9. The van der Waals surface area contributed by atoms with Gasteiger partial charge in [-0.2, -0.15) is 9.29 Å². The molecule has 2 fully saturated rings. The molecule has 1 aliphatic carbocycles. The van der Waals surface area contributed by atoms with Crippen LogP contribution in [-0.4, -0.2) is 117 Å². The summed E-state index contributed by atoms with van der Waals surface area (Å²) >= 11 is 0. The van der Waals surface area contributed by atoms with Gasteiger partial charge in [0.05, 0.1) is 66.9 Å². The van der Waals surface area contributed by atoms with Gasteiger partial charge in [-0.3, -0.25) is 14.4 Å². The van der Waals surface area contributed by atoms with E-state index < -0.39 is 27.1 Å². The molecule has 6 radical (unpaired) electrons. The van der Waals surface area contributed by atoms with Gasteiger partial charge in [0.1, 0.15) is 0 Å². The molecule has 1 aromatic carbocycles. The smallest absolute Gasteiger partial charge is 0.272 e. The van der Waals surface area contributed by atoms with Gasteiger partial charge in [0, 0.05) is 25.1 Å². The van der Waals surface area contributed by atoms with Gasteiger partial charge in [-0.1, -0.05) is 16.5 Å². The minimum atomic E-state index is -3.49. The second kappa shape index (κ2) is 12.5. The van der Waals surface area contributed by atoms with Crippen molar-refractivity contribution in [2.75, 3.05) is 43.6 Å². The summed E-state index contributed by atoms with van der Waals surface area (Å²) in [6.07, 6.45) is 2.59. The number of rotatable bonds is 11. The lowest BCUT2D eigenvalue weighted by molar-refractivity contribution is -0.134. The fraction of sp³-hybridized carbons (Fsp3) is 0.400. The van der Waals surface area contributed by atoms with Crippen LogP contribution >= 0.6 is 0 Å². The van der Waals surface area contributed by atoms with Crippen LogP contribution in [0, 0.1) is 5.92 Å². The van der Waals surface area contributed by atoms with Gasteiger partial charge >= 0.3 is 0 Å². The Morgan fingerprint density at radius 2 is 1.91 bits per heavy atom. The predicted molar refractivity (Wildman–Crippen MR) is 162 cm³/mol. The summed E-state index contributed by atoms with van der Waals surface area (Å²) in [5.74, 6) is -0.980. The van der Waals surface area contributed by atoms with Crippen molar-refractivity contribution in [1.29, 1.82) is 0 Å². The van der Waals surface area contributed by atoms with Crippen LogP contribution in [0.2, 0.25) is 0 Å². The molecule has 2 aromatic heterocycles. The highest BCUT2D eigenvalue weighted by atomic mass is 32.2. The maximum absolute atomic E-state index is 12.9. The number of nitrogens with zero attached hydrogens (tertiary/aromatic N) is 6. The Morgan fingerprint density at radius 1 is 1.16 bits per heavy atom. The molecule has 2 aliphatic rings. The lowest BCUT2D eigenvalue weighted by Gasteiger charge is -2.32. The quantitative estimate of drug-likeness (QED) is 0.221. The van der Waals surface area contributed by atoms with Crippen molar-refractivity contribution >= 4 is 68.5 Å². The van der Waals surface area contributed by atoms with E-state index in [0.29, 0.717) is 11.3 Å². The molecule has 1 aliphatic heterocycles. The van der Waals surface area contributed by atoms with Crippen LogP contribution in [0.3, 0.4) is 0 Å². The molecular formula is C25H26B3N9O7S. The summed E-state index contributed by atoms with van der Waals surface area (Å²) < 4.78 is 35.8. The summed E-state index contributed by atoms with van der Waals surface area (Å²) in [4.78, 5) is 43.6. The van der Waals surface area contributed by atoms with Crippen molar-refractivity contribution in [3.63, 3.8) is 0 Å². The molecule has 3 amide bonds. The van der Waals surface area contributed by atoms with Crippen molar-refractivity contribution in [3.05, 3.63) is 35.8 Å². The number of aromatic nitrogens is 4. The summed E-state index contributed by atoms with van der Waals surface area (Å²) in [5.41, 5.74) is 0.571. The number of carbonyl (C=O) groups is 3. The molecule has 0 atom stereocenters. The van der Waals surface area contributed by atoms with Crippen molar-refractivity contribution in [1.82, 2.24) is 34.9 Å². The molecule has 16 nitrogen and oxygen atoms in total. The van der Waals surface area contributed by atoms with Gasteiger partial charge in [-0.25, -0.2) is 8.42 Å². The van der Waals surface area contributed by atoms with Gasteiger partial charge in [-0.05, 0) is 25.0 Å². The summed E-state index contributed by atoms with van der Waals surface area (Å²) in [7, 11) is 14.5. The molecule has 1 saturated carbocycles. The number of hydrogen-bond acceptors (Lipinski definition) is 12. The Kier molecular flexibility index (Phi) is 8.89. The minimum absolute atomic E-state index is 0.00161. The molecule has 5 rings (SSSR count). The van der Waals surface area contributed by atoms with Crippen molar-refractivity contribution in [3.8, 4) is 17.2 Å². The fourth-order valence-corrected chi connectivity index (χ4v) is 5.21. The lowest BCUT2D eigenvalue weighted by Crippen LogP contribution is -2.51. The molecule has 0 unspecified atom stereocenters. The third-order valence-electron chi connectivity index (χ3n) is 6.81. The van der Waals surface area contributed by atoms with Crippen LogP contribution < -0.4 is 20.7 Å². The van der Waals surface area contributed by atoms with E-state index in [1.54, 1.807) is 18.2 Å². The Bertz CT molecular complexity index is 1750. The van der Waals surface area contributed by atoms with Crippen LogP contribution in [0.5, 0.6) is 5.75 Å². The third-order valence-corrected chi connectivity index (χ3v) is 8.06. The van der Waals surface area contributed by atoms with Crippen LogP contribution in [0.15, 0.2) is 28.8 Å². The molecule has 0 bridgehead atoms. The molecule has 3 N–H and O–H groups in total. The molecule has 228 valence electrons. The van der Waals surface area contributed by atoms with Gasteiger partial charge < -0.3 is 30.1 Å². The first kappa shape index (κ1) is 32.0. The second-order valence-electron chi connectivity index (χ2n) is 10.6. The Labute approximate surface area is 262 Å². The maximum Gasteiger partial charge on any atom is 0.272 e. The van der Waals surface area contributed by atoms with E-state index in [-0.39, 0.29) is 72.7 Å². The van der Waals surface area contributed by atoms with Crippen LogP contribution in [-0.2, 0) is 26.2 Å². The number of nitrogens with one attached hydrogen (secondary N) is 3. The molecule has 45 heavy (non-hydrogen) atoms. The summed E-state index contributed by atoms with van der Waals surface area (Å²) in [6, 6.07) is 6.36. The van der Waals surface area contributed by atoms with Crippen LogP contribution in [0.25, 0.3) is 11.5 Å². The zero-order valence-corrected chi connectivity index (χ0v) is 25.1. The number of amides is 3. The van der Waals surface area contributed by atoms with E-state index in [2.05, 4.69) is 36.3 Å². The highest BCUT2D eigenvalue weighted by Crippen LogP contribution is 2.38. The summed E-state index contributed by atoms with van der Waals surface area (Å²) in [5, 5.41) is 17.8. The lowest BCUT2D eigenvalue weighted by atomic mass is 9.49. The van der Waals surface area contributed by atoms with Crippen molar-refractivity contribution in [2.24, 2.45) is 5.92 Å². The highest BCUT2D eigenvalue weighted by Gasteiger charge is 2.32. The van der Waals surface area contributed by atoms with E-state index in [0.717, 1.165) is 23.4 Å². The van der Waals surface area contributed by atoms with E-state index in [1.165, 1.54) is 18.1 Å². The van der Waals surface area contributed by atoms with Gasteiger partial charge in [-0.15, -0.1) is 10.2 Å². The molecule has 1 saturated heterocycles. The van der Waals surface area contributed by atoms with Crippen LogP contribution in [0.1, 0.15) is 29.2 Å². The number of ether oxygens (including phenoxy) is 1. The van der Waals surface area contributed by atoms with E-state index in [9.17, 15) is 22.8 Å². The third kappa shape index (κ3) is 7.80. The number of anilines is 3. The average molecular weight is 629 g/mol. The van der Waals surface area contributed by atoms with Crippen molar-refractivity contribution in [2.45, 2.75) is 24.6 Å². The first-order chi connectivity index (χ1) is 21.2. The molecule has 20 heteroatoms. The number of sulfonamides is 1. The fourth-order valence-electron chi connectivity index (χ4n) is 4.45. The van der Waals surface area contributed by atoms with Gasteiger partial charge in [0.15, 0.2) is 23.1 Å². The number of para-hydroxylation sites is 1. The number of hydrogen-bond donors (Lipinski definition) is 3. The first-order valence-electron chi connectivity index (χ1n) is 13.6. The van der Waals surface area contributed by atoms with Gasteiger partial charge in [0.25, 0.3) is 11.8 Å². The van der Waals surface area contributed by atoms with E-state index in [4.69, 9.17) is 32.8 Å². The molecule has 0 spiro atoms. The SMILES string of the molecule is [B]C([B])([B])NC(=O)c1nnc(NC(=O)C2CC2)cc1Nc1cccc(-c2nc(CN3CCN(S(C)(=O)=O)CC3=O)no2)c1OC. The Morgan fingerprint density at radius 3 is 2.56 bits per heavy atom. The largest absolute Gasteiger partial charge is 0.494 e. The van der Waals surface area contributed by atoms with Crippen LogP contribution in [0.4, 0.5) is 17.2 Å². The second-order valence-corrected chi connectivity index (χ2v) is 12.6. The van der Waals surface area contributed by atoms with Gasteiger partial charge in [0.2, 0.25) is 21.8 Å². The standard InChI is InChI=1S/C25H26B3N9O7S/c1-43-21-14(24-31-18(35-44-24)11-36-8-9-37(12-19(36)38)45(2,41)42)4-3-5-15(21)29-16-10-17(30-22(39)13-6-7-13)33-34-20(16)23(40)32-25(26,27)28/h3-5,10,13H,6-9,11-12H2,1-2H3,(H,32,40)(H2,29,30,33,39). The number of methoxy groups -OCH3 is 1. The number of carbonyl (C=O) groups excluding carboxylic acids is 3. The Hall–Kier alpha value is -4.45. The first-order valence-corrected chi connectivity index (χ1v) is 15.4. The number of benzene rings is 1. The molecule has 3 heterocycles. The topological polar surface area (TPSA) is 202 Å². The zero-order valence-electron chi connectivity index (χ0n) is 24.3. The monoisotopic (exact) mass is 629 g/mol. The average Bonchev–Trinajstić information content (AvgIpc) is 3.71. The number of piperazine rings is 1. The van der Waals surface area contributed by atoms with Crippen molar-refractivity contribution < 1.29 is 32.1 Å². The van der Waals surface area contributed by atoms with E-state index >= 15 is 0 Å². The predicted octanol–water partition coefficient (Wildman–Crippen LogP) is -0.922. The normalized spacial score (nSPS) is 15.9. The molecule has 3 aromatic rings. The Balaban J connectivity index is 1.40. The minimum Gasteiger partial charge on any atom is -0.494 e. The zero-order chi connectivity index (χ0) is 32.5. The highest BCUT2D eigenvalue weighted by molar-refractivity contribution is 7.88. The summed E-state index contributed by atoms with van der Waals surface area (Å²) in [6.45, 7) is 0.0396.